The number of hydrogen-bond donors (Lipinski definition) is 3. The van der Waals surface area contributed by atoms with Crippen LogP contribution < -0.4 is 26.4 Å². The van der Waals surface area contributed by atoms with E-state index < -0.39 is 16.9 Å². The standard InChI is InChI=1S/C29H31N5O5/c1-29(2,3)34-15-21(27(36)37)24(35)20-9-7-16(12-22(20)34)6-8-18-10-17(13-23(38-4)25(18)39-5)11-19-14-32-28(31)33-26(19)30/h7,9-10,13-16H,11-12H2,1-5H3,(H,36,37)(H4,30,31,32,33). The Morgan fingerprint density at radius 1 is 1.23 bits per heavy atom. The van der Waals surface area contributed by atoms with Gasteiger partial charge in [-0.05, 0) is 38.5 Å². The first-order valence-corrected chi connectivity index (χ1v) is 12.3. The number of carboxylic acids is 1. The number of benzene rings is 1. The summed E-state index contributed by atoms with van der Waals surface area (Å²) >= 11 is 0. The monoisotopic (exact) mass is 529 g/mol. The van der Waals surface area contributed by atoms with Crippen LogP contribution in [0.25, 0.3) is 6.08 Å². The zero-order valence-corrected chi connectivity index (χ0v) is 22.5. The molecule has 2 heterocycles. The molecular weight excluding hydrogens is 498 g/mol. The first kappa shape index (κ1) is 27.3. The van der Waals surface area contributed by atoms with Crippen molar-refractivity contribution < 1.29 is 19.4 Å². The molecule has 0 radical (unpaired) electrons. The summed E-state index contributed by atoms with van der Waals surface area (Å²) in [5, 5.41) is 9.55. The van der Waals surface area contributed by atoms with E-state index in [2.05, 4.69) is 21.8 Å². The van der Waals surface area contributed by atoms with Gasteiger partial charge in [-0.1, -0.05) is 24.0 Å². The highest BCUT2D eigenvalue weighted by molar-refractivity contribution is 5.88. The van der Waals surface area contributed by atoms with Crippen molar-refractivity contribution in [2.24, 2.45) is 5.92 Å². The van der Waals surface area contributed by atoms with Gasteiger partial charge in [-0.15, -0.1) is 0 Å². The molecule has 0 aliphatic heterocycles. The van der Waals surface area contributed by atoms with Gasteiger partial charge in [-0.25, -0.2) is 9.78 Å². The van der Waals surface area contributed by atoms with E-state index in [9.17, 15) is 14.7 Å². The third-order valence-electron chi connectivity index (χ3n) is 6.45. The lowest BCUT2D eigenvalue weighted by molar-refractivity contribution is 0.0694. The van der Waals surface area contributed by atoms with Crippen LogP contribution in [0.5, 0.6) is 11.5 Å². The highest BCUT2D eigenvalue weighted by Gasteiger charge is 2.27. The molecule has 2 aromatic heterocycles. The minimum absolute atomic E-state index is 0.105. The lowest BCUT2D eigenvalue weighted by Crippen LogP contribution is -2.33. The predicted molar refractivity (Wildman–Crippen MR) is 149 cm³/mol. The molecular formula is C29H31N5O5. The van der Waals surface area contributed by atoms with Crippen molar-refractivity contribution in [2.45, 2.75) is 39.2 Å². The molecule has 0 saturated carbocycles. The van der Waals surface area contributed by atoms with Gasteiger partial charge in [0.05, 0.1) is 19.8 Å². The number of ether oxygens (including phenoxy) is 2. The molecule has 0 saturated heterocycles. The quantitative estimate of drug-likeness (QED) is 0.423. The second-order valence-corrected chi connectivity index (χ2v) is 10.2. The smallest absolute Gasteiger partial charge is 0.341 e. The molecule has 0 bridgehead atoms. The number of aromatic nitrogens is 3. The minimum atomic E-state index is -1.25. The zero-order valence-electron chi connectivity index (χ0n) is 22.5. The fourth-order valence-electron chi connectivity index (χ4n) is 4.57. The third-order valence-corrected chi connectivity index (χ3v) is 6.45. The number of nitrogens with zero attached hydrogens (tertiary/aromatic N) is 3. The zero-order chi connectivity index (χ0) is 28.5. The van der Waals surface area contributed by atoms with Crippen molar-refractivity contribution in [3.8, 4) is 23.3 Å². The van der Waals surface area contributed by atoms with Crippen molar-refractivity contribution in [1.29, 1.82) is 0 Å². The number of nitrogen functional groups attached to an aromatic ring is 2. The molecule has 1 atom stereocenters. The highest BCUT2D eigenvalue weighted by Crippen LogP contribution is 2.34. The summed E-state index contributed by atoms with van der Waals surface area (Å²) in [7, 11) is 3.10. The van der Waals surface area contributed by atoms with Gasteiger partial charge in [-0.3, -0.25) is 4.79 Å². The van der Waals surface area contributed by atoms with Crippen LogP contribution in [-0.4, -0.2) is 39.8 Å². The van der Waals surface area contributed by atoms with Crippen LogP contribution in [0.15, 0.2) is 35.4 Å². The van der Waals surface area contributed by atoms with Gasteiger partial charge in [0.25, 0.3) is 0 Å². The maximum atomic E-state index is 12.9. The number of methoxy groups -OCH3 is 2. The topological polar surface area (TPSA) is 156 Å². The summed E-state index contributed by atoms with van der Waals surface area (Å²) in [6.07, 6.45) is 7.40. The highest BCUT2D eigenvalue weighted by atomic mass is 16.5. The van der Waals surface area contributed by atoms with Gasteiger partial charge in [0.15, 0.2) is 11.5 Å². The Kier molecular flexibility index (Phi) is 7.36. The summed E-state index contributed by atoms with van der Waals surface area (Å²) in [4.78, 5) is 32.6. The van der Waals surface area contributed by atoms with Crippen molar-refractivity contribution in [1.82, 2.24) is 14.5 Å². The van der Waals surface area contributed by atoms with Gasteiger partial charge >= 0.3 is 5.97 Å². The Hall–Kier alpha value is -4.78. The average molecular weight is 530 g/mol. The van der Waals surface area contributed by atoms with Crippen LogP contribution in [0.1, 0.15) is 59.1 Å². The number of rotatable bonds is 5. The number of anilines is 2. The average Bonchev–Trinajstić information content (AvgIpc) is 2.87. The number of pyridine rings is 1. The van der Waals surface area contributed by atoms with E-state index in [-0.39, 0.29) is 17.4 Å². The lowest BCUT2D eigenvalue weighted by Gasteiger charge is -2.31. The number of carbonyl (C=O) groups is 1. The fraction of sp³-hybridized carbons (Fsp3) is 0.310. The lowest BCUT2D eigenvalue weighted by atomic mass is 9.90. The molecule has 39 heavy (non-hydrogen) atoms. The molecule has 10 nitrogen and oxygen atoms in total. The number of fused-ring (bicyclic) bond motifs is 1. The molecule has 3 aromatic rings. The number of nitrogens with two attached hydrogens (primary N) is 2. The SMILES string of the molecule is COc1cc(Cc2cnc(N)nc2N)cc(C#CC2C=Cc3c(n(C(C)(C)C)cc(C(=O)O)c3=O)C2)c1OC. The maximum Gasteiger partial charge on any atom is 0.341 e. The molecule has 1 aliphatic carbocycles. The van der Waals surface area contributed by atoms with Gasteiger partial charge < -0.3 is 30.6 Å². The van der Waals surface area contributed by atoms with Crippen molar-refractivity contribution in [3.63, 3.8) is 0 Å². The second kappa shape index (κ2) is 10.5. The minimum Gasteiger partial charge on any atom is -0.493 e. The van der Waals surface area contributed by atoms with Gasteiger partial charge in [-0.2, -0.15) is 4.98 Å². The van der Waals surface area contributed by atoms with Gasteiger partial charge in [0, 0.05) is 53.5 Å². The van der Waals surface area contributed by atoms with Crippen LogP contribution in [0.4, 0.5) is 11.8 Å². The van der Waals surface area contributed by atoms with E-state index in [1.807, 2.05) is 43.5 Å². The van der Waals surface area contributed by atoms with E-state index in [0.29, 0.717) is 46.8 Å². The number of hydrogen-bond acceptors (Lipinski definition) is 8. The number of carboxylic acid groups (broad SMARTS) is 1. The molecule has 1 aliphatic rings. The van der Waals surface area contributed by atoms with Crippen LogP contribution in [0, 0.1) is 17.8 Å². The Labute approximate surface area is 226 Å². The van der Waals surface area contributed by atoms with Gasteiger partial charge in [0.2, 0.25) is 11.4 Å². The van der Waals surface area contributed by atoms with E-state index >= 15 is 0 Å². The maximum absolute atomic E-state index is 12.9. The van der Waals surface area contributed by atoms with Crippen LogP contribution in [0.2, 0.25) is 0 Å². The summed E-state index contributed by atoms with van der Waals surface area (Å²) in [6.45, 7) is 5.89. The third kappa shape index (κ3) is 5.57. The molecule has 202 valence electrons. The summed E-state index contributed by atoms with van der Waals surface area (Å²) in [5.41, 5.74) is 13.8. The molecule has 4 rings (SSSR count). The number of allylic oxidation sites excluding steroid dienone is 1. The predicted octanol–water partition coefficient (Wildman–Crippen LogP) is 3.10. The molecule has 0 amide bonds. The normalized spacial score (nSPS) is 14.2. The van der Waals surface area contributed by atoms with E-state index in [0.717, 1.165) is 11.3 Å². The van der Waals surface area contributed by atoms with E-state index in [1.54, 1.807) is 26.5 Å². The summed E-state index contributed by atoms with van der Waals surface area (Å²) in [6, 6.07) is 3.74. The van der Waals surface area contributed by atoms with Crippen molar-refractivity contribution >= 4 is 23.8 Å². The largest absolute Gasteiger partial charge is 0.493 e. The first-order valence-electron chi connectivity index (χ1n) is 12.3. The first-order chi connectivity index (χ1) is 18.4. The summed E-state index contributed by atoms with van der Waals surface area (Å²) < 4.78 is 13.0. The molecule has 1 unspecified atom stereocenters. The molecule has 0 fully saturated rings. The number of aromatic carboxylic acids is 1. The van der Waals surface area contributed by atoms with Crippen molar-refractivity contribution in [2.75, 3.05) is 25.7 Å². The fourth-order valence-corrected chi connectivity index (χ4v) is 4.57. The second-order valence-electron chi connectivity index (χ2n) is 10.2. The molecule has 1 aromatic carbocycles. The van der Waals surface area contributed by atoms with E-state index in [1.165, 1.54) is 6.20 Å². The van der Waals surface area contributed by atoms with Crippen LogP contribution in [0.3, 0.4) is 0 Å². The molecule has 0 spiro atoms. The summed E-state index contributed by atoms with van der Waals surface area (Å²) in [5.74, 6) is 6.45. The Bertz CT molecular complexity index is 1610. The Morgan fingerprint density at radius 2 is 1.97 bits per heavy atom. The van der Waals surface area contributed by atoms with Crippen LogP contribution >= 0.6 is 0 Å². The molecule has 5 N–H and O–H groups in total. The Balaban J connectivity index is 1.73. The van der Waals surface area contributed by atoms with Crippen LogP contribution in [-0.2, 0) is 18.4 Å². The Morgan fingerprint density at radius 3 is 2.59 bits per heavy atom. The van der Waals surface area contributed by atoms with Gasteiger partial charge in [0.1, 0.15) is 11.4 Å². The van der Waals surface area contributed by atoms with Crippen molar-refractivity contribution in [3.05, 3.63) is 74.3 Å². The molecule has 10 heteroatoms. The van der Waals surface area contributed by atoms with E-state index in [4.69, 9.17) is 20.9 Å².